The van der Waals surface area contributed by atoms with Gasteiger partial charge in [0, 0.05) is 43.7 Å². The molecule has 0 amide bonds. The molecule has 112 valence electrons. The molecular weight excluding hydrogens is 302 g/mol. The minimum absolute atomic E-state index is 0.00911. The maximum atomic E-state index is 13.6. The second-order valence-electron chi connectivity index (χ2n) is 4.37. The minimum Gasteiger partial charge on any atom is -0.366 e. The summed E-state index contributed by atoms with van der Waals surface area (Å²) in [6.45, 7) is -0.317. The molecule has 2 rings (SSSR count). The highest BCUT2D eigenvalue weighted by Gasteiger charge is 2.24. The normalized spacial score (nSPS) is 11.8. The minimum atomic E-state index is -4.07. The van der Waals surface area contributed by atoms with Crippen molar-refractivity contribution in [1.82, 2.24) is 9.29 Å². The molecule has 1 N–H and O–H groups in total. The zero-order valence-electron chi connectivity index (χ0n) is 11.0. The van der Waals surface area contributed by atoms with Crippen molar-refractivity contribution < 1.29 is 17.2 Å². The Kier molecular flexibility index (Phi) is 4.19. The molecule has 0 saturated heterocycles. The summed E-state index contributed by atoms with van der Waals surface area (Å²) in [4.78, 5) is 13.7. The Morgan fingerprint density at radius 3 is 2.57 bits per heavy atom. The van der Waals surface area contributed by atoms with Gasteiger partial charge in [0.2, 0.25) is 15.5 Å². The summed E-state index contributed by atoms with van der Waals surface area (Å²) >= 11 is 0. The highest BCUT2D eigenvalue weighted by atomic mass is 32.2. The van der Waals surface area contributed by atoms with Crippen LogP contribution in [0.25, 0.3) is 0 Å². The van der Waals surface area contributed by atoms with Crippen molar-refractivity contribution in [3.8, 4) is 0 Å². The van der Waals surface area contributed by atoms with E-state index in [0.717, 1.165) is 28.7 Å². The fraction of sp³-hybridized carbons (Fsp3) is 0.154. The number of halogens is 2. The SMILES string of the molecule is CN(Cc1ccc(F)cc1F)S(=O)(=O)c1c[nH]ccc1=O. The van der Waals surface area contributed by atoms with Crippen LogP contribution in [0, 0.1) is 11.6 Å². The first-order valence-corrected chi connectivity index (χ1v) is 7.34. The van der Waals surface area contributed by atoms with Gasteiger partial charge in [0.05, 0.1) is 0 Å². The van der Waals surface area contributed by atoms with Gasteiger partial charge in [-0.05, 0) is 6.07 Å². The molecule has 0 aliphatic carbocycles. The molecule has 0 atom stereocenters. The monoisotopic (exact) mass is 314 g/mol. The Hall–Kier alpha value is -2.06. The van der Waals surface area contributed by atoms with Crippen molar-refractivity contribution in [3.05, 3.63) is 64.1 Å². The lowest BCUT2D eigenvalue weighted by molar-refractivity contribution is 0.454. The van der Waals surface area contributed by atoms with E-state index >= 15 is 0 Å². The molecular formula is C13H12F2N2O3S. The third kappa shape index (κ3) is 3.17. The number of nitrogens with zero attached hydrogens (tertiary/aromatic N) is 1. The molecule has 21 heavy (non-hydrogen) atoms. The average molecular weight is 314 g/mol. The Bertz CT molecular complexity index is 818. The molecule has 0 bridgehead atoms. The molecule has 0 aliphatic rings. The number of benzene rings is 1. The van der Waals surface area contributed by atoms with Crippen LogP contribution >= 0.6 is 0 Å². The molecule has 0 spiro atoms. The van der Waals surface area contributed by atoms with Crippen LogP contribution in [0.2, 0.25) is 0 Å². The molecule has 0 unspecified atom stereocenters. The zero-order valence-corrected chi connectivity index (χ0v) is 11.8. The van der Waals surface area contributed by atoms with Crippen molar-refractivity contribution in [1.29, 1.82) is 0 Å². The molecule has 0 radical (unpaired) electrons. The summed E-state index contributed by atoms with van der Waals surface area (Å²) in [5, 5.41) is 0. The molecule has 1 aromatic heterocycles. The van der Waals surface area contributed by atoms with Crippen LogP contribution in [0.3, 0.4) is 0 Å². The number of H-pyrrole nitrogens is 1. The van der Waals surface area contributed by atoms with E-state index in [2.05, 4.69) is 4.98 Å². The van der Waals surface area contributed by atoms with E-state index in [1.54, 1.807) is 0 Å². The molecule has 0 fully saturated rings. The highest BCUT2D eigenvalue weighted by molar-refractivity contribution is 7.89. The predicted octanol–water partition coefficient (Wildman–Crippen LogP) is 1.47. The third-order valence-corrected chi connectivity index (χ3v) is 4.71. The van der Waals surface area contributed by atoms with Gasteiger partial charge in [-0.15, -0.1) is 0 Å². The van der Waals surface area contributed by atoms with Gasteiger partial charge in [0.25, 0.3) is 0 Å². The van der Waals surface area contributed by atoms with E-state index in [9.17, 15) is 22.0 Å². The second-order valence-corrected chi connectivity index (χ2v) is 6.38. The van der Waals surface area contributed by atoms with Gasteiger partial charge >= 0.3 is 0 Å². The van der Waals surface area contributed by atoms with Crippen LogP contribution in [0.4, 0.5) is 8.78 Å². The molecule has 0 aliphatic heterocycles. The van der Waals surface area contributed by atoms with E-state index in [4.69, 9.17) is 0 Å². The van der Waals surface area contributed by atoms with Crippen molar-refractivity contribution in [3.63, 3.8) is 0 Å². The van der Waals surface area contributed by atoms with Crippen LogP contribution < -0.4 is 5.43 Å². The number of hydrogen-bond donors (Lipinski definition) is 1. The first-order chi connectivity index (χ1) is 9.82. The van der Waals surface area contributed by atoms with Gasteiger partial charge in [-0.1, -0.05) is 6.07 Å². The maximum Gasteiger partial charge on any atom is 0.248 e. The molecule has 1 heterocycles. The number of aromatic amines is 1. The Morgan fingerprint density at radius 2 is 1.95 bits per heavy atom. The van der Waals surface area contributed by atoms with Gasteiger partial charge in [0.1, 0.15) is 16.5 Å². The van der Waals surface area contributed by atoms with Crippen molar-refractivity contribution in [2.75, 3.05) is 7.05 Å². The van der Waals surface area contributed by atoms with E-state index < -0.39 is 32.0 Å². The van der Waals surface area contributed by atoms with Gasteiger partial charge in [-0.3, -0.25) is 4.79 Å². The Labute approximate surface area is 119 Å². The summed E-state index contributed by atoms with van der Waals surface area (Å²) in [5.41, 5.74) is -0.657. The first kappa shape index (κ1) is 15.3. The van der Waals surface area contributed by atoms with Crippen LogP contribution in [0.5, 0.6) is 0 Å². The van der Waals surface area contributed by atoms with E-state index in [1.165, 1.54) is 13.2 Å². The lowest BCUT2D eigenvalue weighted by Gasteiger charge is -2.17. The van der Waals surface area contributed by atoms with Crippen LogP contribution in [-0.4, -0.2) is 24.8 Å². The number of nitrogens with one attached hydrogen (secondary N) is 1. The van der Waals surface area contributed by atoms with Gasteiger partial charge in [-0.25, -0.2) is 17.2 Å². The smallest absolute Gasteiger partial charge is 0.248 e. The van der Waals surface area contributed by atoms with Crippen molar-refractivity contribution >= 4 is 10.0 Å². The van der Waals surface area contributed by atoms with E-state index in [-0.39, 0.29) is 12.1 Å². The van der Waals surface area contributed by atoms with Crippen molar-refractivity contribution in [2.24, 2.45) is 0 Å². The number of sulfonamides is 1. The van der Waals surface area contributed by atoms with E-state index in [1.807, 2.05) is 0 Å². The summed E-state index contributed by atoms with van der Waals surface area (Å²) < 4.78 is 51.7. The summed E-state index contributed by atoms with van der Waals surface area (Å²) in [6.07, 6.45) is 2.37. The van der Waals surface area contributed by atoms with Gasteiger partial charge < -0.3 is 4.98 Å². The van der Waals surface area contributed by atoms with Gasteiger partial charge in [0.15, 0.2) is 0 Å². The number of hydrogen-bond acceptors (Lipinski definition) is 3. The topological polar surface area (TPSA) is 70.2 Å². The molecule has 5 nitrogen and oxygen atoms in total. The first-order valence-electron chi connectivity index (χ1n) is 5.90. The Balaban J connectivity index is 2.33. The van der Waals surface area contributed by atoms with Crippen LogP contribution in [0.1, 0.15) is 5.56 Å². The molecule has 1 aromatic carbocycles. The number of rotatable bonds is 4. The third-order valence-electron chi connectivity index (χ3n) is 2.88. The second kappa shape index (κ2) is 5.74. The molecule has 2 aromatic rings. The number of pyridine rings is 1. The number of aromatic nitrogens is 1. The lowest BCUT2D eigenvalue weighted by Crippen LogP contribution is -2.30. The molecule has 8 heteroatoms. The van der Waals surface area contributed by atoms with Crippen molar-refractivity contribution in [2.45, 2.75) is 11.4 Å². The zero-order chi connectivity index (χ0) is 15.6. The Morgan fingerprint density at radius 1 is 1.24 bits per heavy atom. The predicted molar refractivity (Wildman–Crippen MR) is 72.1 cm³/mol. The summed E-state index contributed by atoms with van der Waals surface area (Å²) in [7, 11) is -2.85. The van der Waals surface area contributed by atoms with Gasteiger partial charge in [-0.2, -0.15) is 4.31 Å². The largest absolute Gasteiger partial charge is 0.366 e. The summed E-state index contributed by atoms with van der Waals surface area (Å²) in [6, 6.07) is 3.95. The van der Waals surface area contributed by atoms with Crippen LogP contribution in [-0.2, 0) is 16.6 Å². The van der Waals surface area contributed by atoms with Crippen LogP contribution in [0.15, 0.2) is 46.3 Å². The fourth-order valence-electron chi connectivity index (χ4n) is 1.75. The lowest BCUT2D eigenvalue weighted by atomic mass is 10.2. The summed E-state index contributed by atoms with van der Waals surface area (Å²) in [5.74, 6) is -1.60. The highest BCUT2D eigenvalue weighted by Crippen LogP contribution is 2.16. The standard InChI is InChI=1S/C13H12F2N2O3S/c1-17(8-9-2-3-10(14)6-11(9)15)21(19,20)13-7-16-5-4-12(13)18/h2-7H,8H2,1H3,(H,16,18). The average Bonchev–Trinajstić information content (AvgIpc) is 2.42. The quantitative estimate of drug-likeness (QED) is 0.929. The fourth-order valence-corrected chi connectivity index (χ4v) is 2.93. The van der Waals surface area contributed by atoms with E-state index in [0.29, 0.717) is 6.07 Å². The molecule has 0 saturated carbocycles. The maximum absolute atomic E-state index is 13.6.